The molecule has 0 bridgehead atoms. The minimum atomic E-state index is -1.39. The van der Waals surface area contributed by atoms with Crippen LogP contribution in [0.15, 0.2) is 0 Å². The molecular weight excluding hydrogens is 198 g/mol. The monoisotopic (exact) mass is 215 g/mol. The molecule has 1 N–H and O–H groups in total. The Bertz CT molecular complexity index is 249. The van der Waals surface area contributed by atoms with E-state index >= 15 is 0 Å². The topological polar surface area (TPSA) is 71.7 Å². The highest BCUT2D eigenvalue weighted by Crippen LogP contribution is 2.41. The van der Waals surface area contributed by atoms with Crippen LogP contribution in [0.2, 0.25) is 0 Å². The lowest BCUT2D eigenvalue weighted by molar-refractivity contribution is -0.240. The molecule has 1 aliphatic rings. The highest BCUT2D eigenvalue weighted by atomic mass is 16.7. The molecule has 0 radical (unpaired) electrons. The summed E-state index contributed by atoms with van der Waals surface area (Å²) in [6, 6.07) is 2.13. The van der Waals surface area contributed by atoms with E-state index in [1.807, 2.05) is 0 Å². The zero-order valence-electron chi connectivity index (χ0n) is 9.32. The molecule has 0 aromatic carbocycles. The second kappa shape index (κ2) is 4.45. The van der Waals surface area contributed by atoms with Crippen molar-refractivity contribution in [3.8, 4) is 6.07 Å². The number of rotatable bonds is 4. The van der Waals surface area contributed by atoms with Crippen molar-refractivity contribution in [3.63, 3.8) is 0 Å². The summed E-state index contributed by atoms with van der Waals surface area (Å²) in [6.45, 7) is 2.23. The van der Waals surface area contributed by atoms with E-state index < -0.39 is 17.3 Å². The number of hydrogen-bond acceptors (Lipinski definition) is 5. The first-order valence-corrected chi connectivity index (χ1v) is 4.81. The van der Waals surface area contributed by atoms with Gasteiger partial charge in [0.25, 0.3) is 0 Å². The Labute approximate surface area is 89.5 Å². The summed E-state index contributed by atoms with van der Waals surface area (Å²) in [7, 11) is 2.87. The van der Waals surface area contributed by atoms with E-state index in [2.05, 4.69) is 6.07 Å². The average Bonchev–Trinajstić information content (AvgIpc) is 2.68. The second-order valence-corrected chi connectivity index (χ2v) is 3.95. The predicted octanol–water partition coefficient (Wildman–Crippen LogP) is 0.287. The summed E-state index contributed by atoms with van der Waals surface area (Å²) in [5, 5.41) is 19.6. The van der Waals surface area contributed by atoms with Gasteiger partial charge >= 0.3 is 0 Å². The van der Waals surface area contributed by atoms with E-state index in [1.165, 1.54) is 14.2 Å². The minimum Gasteiger partial charge on any atom is -0.383 e. The van der Waals surface area contributed by atoms with Crippen LogP contribution in [-0.2, 0) is 14.2 Å². The summed E-state index contributed by atoms with van der Waals surface area (Å²) in [5.41, 5.74) is -2.34. The van der Waals surface area contributed by atoms with Crippen molar-refractivity contribution < 1.29 is 19.3 Å². The van der Waals surface area contributed by atoms with E-state index in [0.29, 0.717) is 13.0 Å². The SMILES string of the molecule is COC(OC)C(C)(O)C1(C#N)CCOC1. The molecule has 1 fully saturated rings. The minimum absolute atomic E-state index is 0.208. The van der Waals surface area contributed by atoms with Crippen LogP contribution in [0.3, 0.4) is 0 Å². The molecule has 0 spiro atoms. The fourth-order valence-corrected chi connectivity index (χ4v) is 1.95. The van der Waals surface area contributed by atoms with E-state index in [9.17, 15) is 10.4 Å². The van der Waals surface area contributed by atoms with E-state index in [-0.39, 0.29) is 6.61 Å². The van der Waals surface area contributed by atoms with Crippen LogP contribution in [0.1, 0.15) is 13.3 Å². The molecule has 2 atom stereocenters. The van der Waals surface area contributed by atoms with Gasteiger partial charge in [-0.25, -0.2) is 0 Å². The van der Waals surface area contributed by atoms with Crippen molar-refractivity contribution in [2.75, 3.05) is 27.4 Å². The summed E-state index contributed by atoms with van der Waals surface area (Å²) in [4.78, 5) is 0. The molecule has 1 rings (SSSR count). The number of nitrogens with zero attached hydrogens (tertiary/aromatic N) is 1. The fourth-order valence-electron chi connectivity index (χ4n) is 1.95. The number of hydrogen-bond donors (Lipinski definition) is 1. The van der Waals surface area contributed by atoms with Gasteiger partial charge in [0.05, 0.1) is 12.7 Å². The van der Waals surface area contributed by atoms with Gasteiger partial charge in [0, 0.05) is 20.8 Å². The first kappa shape index (κ1) is 12.4. The molecule has 0 saturated carbocycles. The zero-order valence-corrected chi connectivity index (χ0v) is 9.32. The number of ether oxygens (including phenoxy) is 3. The summed E-state index contributed by atoms with van der Waals surface area (Å²) < 4.78 is 15.2. The van der Waals surface area contributed by atoms with Gasteiger partial charge in [-0.3, -0.25) is 0 Å². The van der Waals surface area contributed by atoms with E-state index in [0.717, 1.165) is 0 Å². The summed E-state index contributed by atoms with van der Waals surface area (Å²) >= 11 is 0. The molecule has 15 heavy (non-hydrogen) atoms. The third-order valence-electron chi connectivity index (χ3n) is 3.09. The molecule has 5 heteroatoms. The van der Waals surface area contributed by atoms with Crippen molar-refractivity contribution in [2.24, 2.45) is 5.41 Å². The molecule has 5 nitrogen and oxygen atoms in total. The highest BCUT2D eigenvalue weighted by molar-refractivity contribution is 5.13. The van der Waals surface area contributed by atoms with Gasteiger partial charge in [0.15, 0.2) is 6.29 Å². The van der Waals surface area contributed by atoms with Crippen LogP contribution in [0.4, 0.5) is 0 Å². The fraction of sp³-hybridized carbons (Fsp3) is 0.900. The first-order valence-electron chi connectivity index (χ1n) is 4.81. The maximum absolute atomic E-state index is 10.4. The standard InChI is InChI=1S/C10H17NO4/c1-9(12,8(13-2)14-3)10(6-11)4-5-15-7-10/h8,12H,4-5,7H2,1-3H3. The Kier molecular flexibility index (Phi) is 3.68. The van der Waals surface area contributed by atoms with Crippen LogP contribution >= 0.6 is 0 Å². The normalized spacial score (nSPS) is 30.1. The molecule has 0 amide bonds. The molecule has 2 unspecified atom stereocenters. The molecule has 1 saturated heterocycles. The number of aliphatic hydroxyl groups is 1. The quantitative estimate of drug-likeness (QED) is 0.682. The lowest BCUT2D eigenvalue weighted by atomic mass is 9.72. The summed E-state index contributed by atoms with van der Waals surface area (Å²) in [6.07, 6.45) is -0.349. The van der Waals surface area contributed by atoms with Crippen LogP contribution in [0.25, 0.3) is 0 Å². The molecule has 0 aromatic rings. The average molecular weight is 215 g/mol. The Balaban J connectivity index is 2.96. The van der Waals surface area contributed by atoms with E-state index in [4.69, 9.17) is 14.2 Å². The maximum Gasteiger partial charge on any atom is 0.187 e. The van der Waals surface area contributed by atoms with Crippen LogP contribution in [0.5, 0.6) is 0 Å². The van der Waals surface area contributed by atoms with Crippen molar-refractivity contribution in [2.45, 2.75) is 25.2 Å². The Morgan fingerprint density at radius 2 is 2.13 bits per heavy atom. The van der Waals surface area contributed by atoms with Crippen molar-refractivity contribution >= 4 is 0 Å². The number of nitriles is 1. The van der Waals surface area contributed by atoms with Gasteiger partial charge in [0.2, 0.25) is 0 Å². The Morgan fingerprint density at radius 1 is 1.53 bits per heavy atom. The van der Waals surface area contributed by atoms with Gasteiger partial charge in [-0.2, -0.15) is 5.26 Å². The molecule has 0 aliphatic carbocycles. The van der Waals surface area contributed by atoms with Crippen LogP contribution in [-0.4, -0.2) is 44.4 Å². The summed E-state index contributed by atoms with van der Waals surface area (Å²) in [5.74, 6) is 0. The first-order chi connectivity index (χ1) is 7.04. The van der Waals surface area contributed by atoms with Crippen molar-refractivity contribution in [1.29, 1.82) is 5.26 Å². The zero-order chi connectivity index (χ0) is 11.5. The third kappa shape index (κ3) is 1.86. The third-order valence-corrected chi connectivity index (χ3v) is 3.09. The van der Waals surface area contributed by atoms with Gasteiger partial charge in [-0.1, -0.05) is 0 Å². The number of methoxy groups -OCH3 is 2. The molecule has 0 aromatic heterocycles. The molecule has 86 valence electrons. The predicted molar refractivity (Wildman–Crippen MR) is 51.9 cm³/mol. The van der Waals surface area contributed by atoms with Crippen molar-refractivity contribution in [1.82, 2.24) is 0 Å². The second-order valence-electron chi connectivity index (χ2n) is 3.95. The largest absolute Gasteiger partial charge is 0.383 e. The maximum atomic E-state index is 10.4. The van der Waals surface area contributed by atoms with Crippen LogP contribution in [0, 0.1) is 16.7 Å². The molecule has 1 aliphatic heterocycles. The van der Waals surface area contributed by atoms with Gasteiger partial charge in [-0.15, -0.1) is 0 Å². The Hall–Kier alpha value is -0.670. The smallest absolute Gasteiger partial charge is 0.187 e. The lowest BCUT2D eigenvalue weighted by Gasteiger charge is -2.40. The van der Waals surface area contributed by atoms with Gasteiger partial charge in [-0.05, 0) is 13.3 Å². The van der Waals surface area contributed by atoms with Crippen LogP contribution < -0.4 is 0 Å². The lowest BCUT2D eigenvalue weighted by Crippen LogP contribution is -2.55. The van der Waals surface area contributed by atoms with Crippen molar-refractivity contribution in [3.05, 3.63) is 0 Å². The molecular formula is C10H17NO4. The highest BCUT2D eigenvalue weighted by Gasteiger charge is 2.55. The van der Waals surface area contributed by atoms with E-state index in [1.54, 1.807) is 6.92 Å². The molecule has 1 heterocycles. The van der Waals surface area contributed by atoms with Gasteiger partial charge in [0.1, 0.15) is 11.0 Å². The Morgan fingerprint density at radius 3 is 2.47 bits per heavy atom. The van der Waals surface area contributed by atoms with Gasteiger partial charge < -0.3 is 19.3 Å².